The number of carbonyl (C=O) groups excluding carboxylic acids is 1. The lowest BCUT2D eigenvalue weighted by molar-refractivity contribution is -0.120. The summed E-state index contributed by atoms with van der Waals surface area (Å²) < 4.78 is 0. The van der Waals surface area contributed by atoms with Gasteiger partial charge in [0.25, 0.3) is 0 Å². The van der Waals surface area contributed by atoms with Crippen LogP contribution in [-0.2, 0) is 4.79 Å². The second kappa shape index (κ2) is 7.39. The molecular formula is C14H23ClN2O. The lowest BCUT2D eigenvalue weighted by Gasteiger charge is -2.24. The van der Waals surface area contributed by atoms with E-state index in [2.05, 4.69) is 0 Å². The SMILES string of the molecule is CCC(C)C(N)C(=O)N(C)c1ccc(C)cc1.Cl. The van der Waals surface area contributed by atoms with Gasteiger partial charge in [0, 0.05) is 12.7 Å². The molecule has 0 aromatic heterocycles. The van der Waals surface area contributed by atoms with Crippen LogP contribution in [-0.4, -0.2) is 19.0 Å². The molecule has 0 aliphatic carbocycles. The second-order valence-corrected chi connectivity index (χ2v) is 4.64. The zero-order chi connectivity index (χ0) is 13.0. The van der Waals surface area contributed by atoms with Crippen LogP contribution in [0.3, 0.4) is 0 Å². The molecule has 0 bridgehead atoms. The Balaban J connectivity index is 0.00000289. The Morgan fingerprint density at radius 1 is 1.33 bits per heavy atom. The molecule has 0 radical (unpaired) electrons. The first-order chi connectivity index (χ1) is 7.97. The number of rotatable bonds is 4. The highest BCUT2D eigenvalue weighted by molar-refractivity contribution is 5.96. The number of likely N-dealkylation sites (N-methyl/N-ethyl adjacent to an activating group) is 1. The fourth-order valence-electron chi connectivity index (χ4n) is 1.62. The summed E-state index contributed by atoms with van der Waals surface area (Å²) >= 11 is 0. The van der Waals surface area contributed by atoms with Crippen molar-refractivity contribution in [2.24, 2.45) is 11.7 Å². The number of hydrogen-bond donors (Lipinski definition) is 1. The summed E-state index contributed by atoms with van der Waals surface area (Å²) in [6.45, 7) is 6.08. The first-order valence-corrected chi connectivity index (χ1v) is 6.07. The molecule has 18 heavy (non-hydrogen) atoms. The fourth-order valence-corrected chi connectivity index (χ4v) is 1.62. The van der Waals surface area contributed by atoms with Gasteiger partial charge in [-0.15, -0.1) is 12.4 Å². The average Bonchev–Trinajstić information content (AvgIpc) is 2.36. The Morgan fingerprint density at radius 3 is 2.28 bits per heavy atom. The van der Waals surface area contributed by atoms with Gasteiger partial charge in [0.15, 0.2) is 0 Å². The molecule has 0 aliphatic rings. The van der Waals surface area contributed by atoms with Crippen LogP contribution in [0.15, 0.2) is 24.3 Å². The number of aryl methyl sites for hydroxylation is 1. The van der Waals surface area contributed by atoms with E-state index in [9.17, 15) is 4.79 Å². The Hall–Kier alpha value is -1.06. The average molecular weight is 271 g/mol. The molecular weight excluding hydrogens is 248 g/mol. The number of carbonyl (C=O) groups is 1. The maximum atomic E-state index is 12.1. The maximum Gasteiger partial charge on any atom is 0.243 e. The number of benzene rings is 1. The third-order valence-electron chi connectivity index (χ3n) is 3.29. The number of hydrogen-bond acceptors (Lipinski definition) is 2. The van der Waals surface area contributed by atoms with Crippen LogP contribution in [0.25, 0.3) is 0 Å². The quantitative estimate of drug-likeness (QED) is 0.914. The van der Waals surface area contributed by atoms with E-state index in [0.29, 0.717) is 0 Å². The minimum atomic E-state index is -0.425. The third kappa shape index (κ3) is 4.00. The zero-order valence-electron chi connectivity index (χ0n) is 11.5. The molecule has 3 nitrogen and oxygen atoms in total. The summed E-state index contributed by atoms with van der Waals surface area (Å²) in [5.41, 5.74) is 8.02. The van der Waals surface area contributed by atoms with Gasteiger partial charge in [-0.1, -0.05) is 38.0 Å². The van der Waals surface area contributed by atoms with Crippen molar-refractivity contribution in [2.45, 2.75) is 33.2 Å². The molecule has 102 valence electrons. The van der Waals surface area contributed by atoms with Crippen LogP contribution in [0.4, 0.5) is 5.69 Å². The minimum absolute atomic E-state index is 0. The third-order valence-corrected chi connectivity index (χ3v) is 3.29. The molecule has 2 atom stereocenters. The molecule has 1 amide bonds. The van der Waals surface area contributed by atoms with Crippen LogP contribution in [0.1, 0.15) is 25.8 Å². The monoisotopic (exact) mass is 270 g/mol. The van der Waals surface area contributed by atoms with E-state index in [-0.39, 0.29) is 24.2 Å². The number of nitrogens with zero attached hydrogens (tertiary/aromatic N) is 1. The Bertz CT molecular complexity index is 378. The van der Waals surface area contributed by atoms with Crippen LogP contribution >= 0.6 is 12.4 Å². The normalized spacial score (nSPS) is 13.4. The van der Waals surface area contributed by atoms with Gasteiger partial charge >= 0.3 is 0 Å². The van der Waals surface area contributed by atoms with Crippen molar-refractivity contribution in [1.29, 1.82) is 0 Å². The van der Waals surface area contributed by atoms with Crippen molar-refractivity contribution < 1.29 is 4.79 Å². The molecule has 2 N–H and O–H groups in total. The molecule has 1 aromatic rings. The van der Waals surface area contributed by atoms with Crippen molar-refractivity contribution in [3.63, 3.8) is 0 Å². The van der Waals surface area contributed by atoms with E-state index in [1.165, 1.54) is 5.56 Å². The van der Waals surface area contributed by atoms with Crippen molar-refractivity contribution >= 4 is 24.0 Å². The highest BCUT2D eigenvalue weighted by Crippen LogP contribution is 2.16. The topological polar surface area (TPSA) is 46.3 Å². The van der Waals surface area contributed by atoms with Crippen molar-refractivity contribution in [3.05, 3.63) is 29.8 Å². The van der Waals surface area contributed by atoms with Crippen LogP contribution < -0.4 is 10.6 Å². The molecule has 0 fully saturated rings. The van der Waals surface area contributed by atoms with Crippen LogP contribution in [0.2, 0.25) is 0 Å². The number of anilines is 1. The Kier molecular flexibility index (Phi) is 6.96. The molecule has 4 heteroatoms. The van der Waals surface area contributed by atoms with E-state index in [1.54, 1.807) is 11.9 Å². The summed E-state index contributed by atoms with van der Waals surface area (Å²) in [6.07, 6.45) is 0.911. The molecule has 1 aromatic carbocycles. The lowest BCUT2D eigenvalue weighted by Crippen LogP contribution is -2.45. The molecule has 0 saturated carbocycles. The largest absolute Gasteiger partial charge is 0.320 e. The molecule has 0 saturated heterocycles. The highest BCUT2D eigenvalue weighted by atomic mass is 35.5. The van der Waals surface area contributed by atoms with Gasteiger partial charge in [-0.2, -0.15) is 0 Å². The smallest absolute Gasteiger partial charge is 0.243 e. The Morgan fingerprint density at radius 2 is 1.83 bits per heavy atom. The van der Waals surface area contributed by atoms with Crippen molar-refractivity contribution in [2.75, 3.05) is 11.9 Å². The standard InChI is InChI=1S/C14H22N2O.ClH/c1-5-11(3)13(15)14(17)16(4)12-8-6-10(2)7-9-12;/h6-9,11,13H,5,15H2,1-4H3;1H. The Labute approximate surface area is 116 Å². The first-order valence-electron chi connectivity index (χ1n) is 6.07. The summed E-state index contributed by atoms with van der Waals surface area (Å²) in [6, 6.07) is 7.45. The van der Waals surface area contributed by atoms with E-state index in [0.717, 1.165) is 12.1 Å². The summed E-state index contributed by atoms with van der Waals surface area (Å²) in [4.78, 5) is 13.8. The highest BCUT2D eigenvalue weighted by Gasteiger charge is 2.23. The summed E-state index contributed by atoms with van der Waals surface area (Å²) in [5.74, 6) is 0.179. The molecule has 1 rings (SSSR count). The van der Waals surface area contributed by atoms with Crippen LogP contribution in [0.5, 0.6) is 0 Å². The summed E-state index contributed by atoms with van der Waals surface area (Å²) in [5, 5.41) is 0. The summed E-state index contributed by atoms with van der Waals surface area (Å²) in [7, 11) is 1.77. The number of amides is 1. The first kappa shape index (κ1) is 16.9. The van der Waals surface area contributed by atoms with Crippen LogP contribution in [0, 0.1) is 12.8 Å². The number of halogens is 1. The van der Waals surface area contributed by atoms with Gasteiger partial charge in [-0.3, -0.25) is 4.79 Å². The van der Waals surface area contributed by atoms with E-state index in [4.69, 9.17) is 5.73 Å². The van der Waals surface area contributed by atoms with Gasteiger partial charge < -0.3 is 10.6 Å². The predicted molar refractivity (Wildman–Crippen MR) is 79.3 cm³/mol. The van der Waals surface area contributed by atoms with Crippen molar-refractivity contribution in [1.82, 2.24) is 0 Å². The molecule has 0 spiro atoms. The van der Waals surface area contributed by atoms with E-state index < -0.39 is 6.04 Å². The second-order valence-electron chi connectivity index (χ2n) is 4.64. The predicted octanol–water partition coefficient (Wildman–Crippen LogP) is 2.75. The number of nitrogens with two attached hydrogens (primary N) is 1. The zero-order valence-corrected chi connectivity index (χ0v) is 12.3. The van der Waals surface area contributed by atoms with E-state index >= 15 is 0 Å². The maximum absolute atomic E-state index is 12.1. The van der Waals surface area contributed by atoms with Gasteiger partial charge in [0.1, 0.15) is 0 Å². The molecule has 0 heterocycles. The minimum Gasteiger partial charge on any atom is -0.320 e. The van der Waals surface area contributed by atoms with Gasteiger partial charge in [0.2, 0.25) is 5.91 Å². The lowest BCUT2D eigenvalue weighted by atomic mass is 9.99. The molecule has 2 unspecified atom stereocenters. The van der Waals surface area contributed by atoms with E-state index in [1.807, 2.05) is 45.0 Å². The van der Waals surface area contributed by atoms with Crippen molar-refractivity contribution in [3.8, 4) is 0 Å². The molecule has 0 aliphatic heterocycles. The fraction of sp³-hybridized carbons (Fsp3) is 0.500. The van der Waals surface area contributed by atoms with Gasteiger partial charge in [-0.25, -0.2) is 0 Å². The van der Waals surface area contributed by atoms with Gasteiger partial charge in [-0.05, 0) is 25.0 Å². The van der Waals surface area contributed by atoms with Gasteiger partial charge in [0.05, 0.1) is 6.04 Å².